The van der Waals surface area contributed by atoms with Crippen LogP contribution in [0.4, 0.5) is 10.1 Å². The first-order chi connectivity index (χ1) is 7.15. The number of hydrogen-bond acceptors (Lipinski definition) is 2. The quantitative estimate of drug-likeness (QED) is 0.749. The largest absolute Gasteiger partial charge is 0.399 e. The van der Waals surface area contributed by atoms with Gasteiger partial charge in [-0.2, -0.15) is 0 Å². The van der Waals surface area contributed by atoms with Crippen LogP contribution in [0, 0.1) is 5.82 Å². The third-order valence-corrected chi connectivity index (χ3v) is 2.52. The van der Waals surface area contributed by atoms with Gasteiger partial charge in [-0.3, -0.25) is 4.79 Å². The second kappa shape index (κ2) is 3.88. The number of halogens is 1. The first-order valence-electron chi connectivity index (χ1n) is 4.98. The molecule has 80 valence electrons. The molecule has 1 fully saturated rings. The second-order valence-corrected chi connectivity index (χ2v) is 3.81. The SMILES string of the molecule is Nc1cc(F)cc(CN2CCCC2=O)c1. The predicted octanol–water partition coefficient (Wildman–Crippen LogP) is 1.53. The molecule has 0 bridgehead atoms. The smallest absolute Gasteiger partial charge is 0.222 e. The van der Waals surface area contributed by atoms with E-state index in [1.54, 1.807) is 11.0 Å². The lowest BCUT2D eigenvalue weighted by molar-refractivity contribution is -0.128. The molecule has 0 radical (unpaired) electrons. The molecule has 15 heavy (non-hydrogen) atoms. The van der Waals surface area contributed by atoms with Gasteiger partial charge in [-0.15, -0.1) is 0 Å². The number of anilines is 1. The molecule has 1 aliphatic heterocycles. The molecule has 0 saturated carbocycles. The first-order valence-corrected chi connectivity index (χ1v) is 4.98. The standard InChI is InChI=1S/C11H13FN2O/c12-9-4-8(5-10(13)6-9)7-14-3-1-2-11(14)15/h4-6H,1-3,7,13H2. The Morgan fingerprint density at radius 2 is 2.20 bits per heavy atom. The zero-order valence-corrected chi connectivity index (χ0v) is 8.37. The minimum Gasteiger partial charge on any atom is -0.399 e. The molecule has 4 heteroatoms. The van der Waals surface area contributed by atoms with Crippen LogP contribution in [-0.2, 0) is 11.3 Å². The molecule has 2 N–H and O–H groups in total. The minimum absolute atomic E-state index is 0.137. The Morgan fingerprint density at radius 1 is 1.40 bits per heavy atom. The van der Waals surface area contributed by atoms with E-state index >= 15 is 0 Å². The van der Waals surface area contributed by atoms with E-state index in [-0.39, 0.29) is 11.7 Å². The maximum atomic E-state index is 13.0. The summed E-state index contributed by atoms with van der Waals surface area (Å²) in [6.07, 6.45) is 1.49. The molecule has 3 nitrogen and oxygen atoms in total. The van der Waals surface area contributed by atoms with Gasteiger partial charge in [0.15, 0.2) is 0 Å². The zero-order chi connectivity index (χ0) is 10.8. The van der Waals surface area contributed by atoms with Crippen LogP contribution in [0.25, 0.3) is 0 Å². The number of carbonyl (C=O) groups excluding carboxylic acids is 1. The van der Waals surface area contributed by atoms with Crippen LogP contribution in [-0.4, -0.2) is 17.4 Å². The van der Waals surface area contributed by atoms with E-state index in [1.165, 1.54) is 12.1 Å². The summed E-state index contributed by atoms with van der Waals surface area (Å²) in [5, 5.41) is 0. The summed E-state index contributed by atoms with van der Waals surface area (Å²) in [5.74, 6) is -0.213. The lowest BCUT2D eigenvalue weighted by Gasteiger charge is -2.15. The Kier molecular flexibility index (Phi) is 2.58. The summed E-state index contributed by atoms with van der Waals surface area (Å²) in [6, 6.07) is 4.39. The summed E-state index contributed by atoms with van der Waals surface area (Å²) < 4.78 is 13.0. The van der Waals surface area contributed by atoms with Crippen molar-refractivity contribution in [2.24, 2.45) is 0 Å². The highest BCUT2D eigenvalue weighted by molar-refractivity contribution is 5.78. The van der Waals surface area contributed by atoms with E-state index in [0.717, 1.165) is 18.5 Å². The lowest BCUT2D eigenvalue weighted by Crippen LogP contribution is -2.23. The molecule has 1 amide bonds. The van der Waals surface area contributed by atoms with Crippen LogP contribution in [0.1, 0.15) is 18.4 Å². The maximum Gasteiger partial charge on any atom is 0.222 e. The summed E-state index contributed by atoms with van der Waals surface area (Å²) >= 11 is 0. The summed E-state index contributed by atoms with van der Waals surface area (Å²) in [5.41, 5.74) is 6.68. The molecule has 0 aliphatic carbocycles. The molecule has 1 aromatic rings. The van der Waals surface area contributed by atoms with Crippen LogP contribution < -0.4 is 5.73 Å². The molecule has 0 atom stereocenters. The number of likely N-dealkylation sites (tertiary alicyclic amines) is 1. The average Bonchev–Trinajstić information content (AvgIpc) is 2.50. The highest BCUT2D eigenvalue weighted by Gasteiger charge is 2.20. The molecule has 0 aromatic heterocycles. The van der Waals surface area contributed by atoms with E-state index in [1.807, 2.05) is 0 Å². The second-order valence-electron chi connectivity index (χ2n) is 3.81. The van der Waals surface area contributed by atoms with Crippen molar-refractivity contribution in [3.05, 3.63) is 29.6 Å². The van der Waals surface area contributed by atoms with Gasteiger partial charge in [0.1, 0.15) is 5.82 Å². The molecule has 1 saturated heterocycles. The number of nitrogens with zero attached hydrogens (tertiary/aromatic N) is 1. The number of hydrogen-bond donors (Lipinski definition) is 1. The van der Waals surface area contributed by atoms with Gasteiger partial charge in [0, 0.05) is 25.2 Å². The van der Waals surface area contributed by atoms with Crippen LogP contribution >= 0.6 is 0 Å². The van der Waals surface area contributed by atoms with Crippen LogP contribution in [0.15, 0.2) is 18.2 Å². The number of nitrogen functional groups attached to an aromatic ring is 1. The normalized spacial score (nSPS) is 16.1. The number of rotatable bonds is 2. The molecular formula is C11H13FN2O. The third kappa shape index (κ3) is 2.26. The van der Waals surface area contributed by atoms with E-state index in [4.69, 9.17) is 5.73 Å². The van der Waals surface area contributed by atoms with Crippen LogP contribution in [0.5, 0.6) is 0 Å². The lowest BCUT2D eigenvalue weighted by atomic mass is 10.2. The number of carbonyl (C=O) groups is 1. The Labute approximate surface area is 87.7 Å². The van der Waals surface area contributed by atoms with Crippen molar-refractivity contribution in [3.63, 3.8) is 0 Å². The van der Waals surface area contributed by atoms with E-state index in [0.29, 0.717) is 18.7 Å². The molecule has 2 rings (SSSR count). The van der Waals surface area contributed by atoms with Crippen molar-refractivity contribution < 1.29 is 9.18 Å². The highest BCUT2D eigenvalue weighted by atomic mass is 19.1. The van der Waals surface area contributed by atoms with E-state index in [9.17, 15) is 9.18 Å². The van der Waals surface area contributed by atoms with Gasteiger partial charge in [-0.1, -0.05) is 0 Å². The fourth-order valence-corrected chi connectivity index (χ4v) is 1.86. The number of benzene rings is 1. The van der Waals surface area contributed by atoms with Crippen LogP contribution in [0.2, 0.25) is 0 Å². The predicted molar refractivity (Wildman–Crippen MR) is 55.5 cm³/mol. The van der Waals surface area contributed by atoms with Crippen LogP contribution in [0.3, 0.4) is 0 Å². The average molecular weight is 208 g/mol. The van der Waals surface area contributed by atoms with Crippen molar-refractivity contribution >= 4 is 11.6 Å². The van der Waals surface area contributed by atoms with Crippen molar-refractivity contribution in [1.82, 2.24) is 4.90 Å². The number of nitrogens with two attached hydrogens (primary N) is 1. The first kappa shape index (κ1) is 9.96. The topological polar surface area (TPSA) is 46.3 Å². The molecule has 1 aliphatic rings. The van der Waals surface area contributed by atoms with Gasteiger partial charge in [0.25, 0.3) is 0 Å². The maximum absolute atomic E-state index is 13.0. The van der Waals surface area contributed by atoms with Crippen molar-refractivity contribution in [2.45, 2.75) is 19.4 Å². The molecule has 1 heterocycles. The summed E-state index contributed by atoms with van der Waals surface area (Å²) in [4.78, 5) is 13.1. The molecular weight excluding hydrogens is 195 g/mol. The van der Waals surface area contributed by atoms with Crippen molar-refractivity contribution in [2.75, 3.05) is 12.3 Å². The monoisotopic (exact) mass is 208 g/mol. The fraction of sp³-hybridized carbons (Fsp3) is 0.364. The molecule has 0 spiro atoms. The fourth-order valence-electron chi connectivity index (χ4n) is 1.86. The number of amides is 1. The zero-order valence-electron chi connectivity index (χ0n) is 8.37. The Hall–Kier alpha value is -1.58. The molecule has 0 unspecified atom stereocenters. The van der Waals surface area contributed by atoms with Crippen molar-refractivity contribution in [1.29, 1.82) is 0 Å². The van der Waals surface area contributed by atoms with E-state index < -0.39 is 0 Å². The van der Waals surface area contributed by atoms with Gasteiger partial charge in [0.2, 0.25) is 5.91 Å². The highest BCUT2D eigenvalue weighted by Crippen LogP contribution is 2.17. The van der Waals surface area contributed by atoms with Gasteiger partial charge in [-0.25, -0.2) is 4.39 Å². The summed E-state index contributed by atoms with van der Waals surface area (Å²) in [6.45, 7) is 1.22. The van der Waals surface area contributed by atoms with Gasteiger partial charge in [-0.05, 0) is 30.2 Å². The van der Waals surface area contributed by atoms with Gasteiger partial charge in [0.05, 0.1) is 0 Å². The van der Waals surface area contributed by atoms with Gasteiger partial charge >= 0.3 is 0 Å². The minimum atomic E-state index is -0.350. The Balaban J connectivity index is 2.13. The van der Waals surface area contributed by atoms with Crippen molar-refractivity contribution in [3.8, 4) is 0 Å². The Morgan fingerprint density at radius 3 is 2.80 bits per heavy atom. The summed E-state index contributed by atoms with van der Waals surface area (Å²) in [7, 11) is 0. The van der Waals surface area contributed by atoms with Gasteiger partial charge < -0.3 is 10.6 Å². The molecule has 1 aromatic carbocycles. The Bertz CT molecular complexity index is 372. The van der Waals surface area contributed by atoms with E-state index in [2.05, 4.69) is 0 Å². The third-order valence-electron chi connectivity index (χ3n) is 2.52.